The monoisotopic (exact) mass is 437 g/mol. The van der Waals surface area contributed by atoms with Gasteiger partial charge in [-0.2, -0.15) is 18.2 Å². The molecule has 158 valence electrons. The Bertz CT molecular complexity index is 1060. The summed E-state index contributed by atoms with van der Waals surface area (Å²) in [6.45, 7) is 0. The van der Waals surface area contributed by atoms with Crippen molar-refractivity contribution in [2.75, 3.05) is 5.32 Å². The minimum Gasteiger partial charge on any atom is -0.334 e. The number of halogens is 3. The fourth-order valence-corrected chi connectivity index (χ4v) is 6.23. The van der Waals surface area contributed by atoms with E-state index in [9.17, 15) is 22.8 Å². The van der Waals surface area contributed by atoms with Crippen LogP contribution in [0.15, 0.2) is 15.7 Å². The fraction of sp³-hybridized carbons (Fsp3) is 0.500. The predicted molar refractivity (Wildman–Crippen MR) is 102 cm³/mol. The minimum atomic E-state index is -4.71. The molecule has 1 fully saturated rings. The van der Waals surface area contributed by atoms with E-state index in [-0.39, 0.29) is 23.6 Å². The van der Waals surface area contributed by atoms with Gasteiger partial charge in [0.05, 0.1) is 5.56 Å². The van der Waals surface area contributed by atoms with E-state index in [1.54, 1.807) is 0 Å². The van der Waals surface area contributed by atoms with E-state index in [0.717, 1.165) is 55.3 Å². The van der Waals surface area contributed by atoms with Crippen molar-refractivity contribution in [3.8, 4) is 11.5 Å². The summed E-state index contributed by atoms with van der Waals surface area (Å²) in [5.74, 6) is -1.78. The molecule has 10 heteroatoms. The molecule has 0 unspecified atom stereocenters. The van der Waals surface area contributed by atoms with Crippen molar-refractivity contribution >= 4 is 28.5 Å². The topological polar surface area (TPSA) is 85.1 Å². The molecule has 0 spiro atoms. The first-order valence-corrected chi connectivity index (χ1v) is 10.7. The number of hydrogen-bond donors (Lipinski definition) is 1. The average molecular weight is 437 g/mol. The maximum Gasteiger partial charge on any atom is 0.455 e. The first-order valence-electron chi connectivity index (χ1n) is 9.93. The number of anilines is 1. The van der Waals surface area contributed by atoms with Crippen LogP contribution in [0, 0.1) is 11.8 Å². The molecule has 0 radical (unpaired) electrons. The third-order valence-electron chi connectivity index (χ3n) is 6.30. The van der Waals surface area contributed by atoms with Gasteiger partial charge in [-0.15, -0.1) is 11.3 Å². The van der Waals surface area contributed by atoms with Crippen molar-refractivity contribution in [2.45, 2.75) is 51.1 Å². The summed E-state index contributed by atoms with van der Waals surface area (Å²) in [5.41, 5.74) is 2.31. The number of hydrogen-bond acceptors (Lipinski definition) is 6. The third-order valence-corrected chi connectivity index (χ3v) is 7.51. The summed E-state index contributed by atoms with van der Waals surface area (Å²) < 4.78 is 43.8. The van der Waals surface area contributed by atoms with Gasteiger partial charge in [0.15, 0.2) is 0 Å². The lowest BCUT2D eigenvalue weighted by Gasteiger charge is -2.37. The number of aldehydes is 1. The predicted octanol–water partition coefficient (Wildman–Crippen LogP) is 4.56. The number of aromatic nitrogens is 2. The summed E-state index contributed by atoms with van der Waals surface area (Å²) in [4.78, 5) is 29.3. The van der Waals surface area contributed by atoms with E-state index in [2.05, 4.69) is 15.5 Å². The molecule has 6 rings (SSSR count). The van der Waals surface area contributed by atoms with E-state index in [0.29, 0.717) is 28.1 Å². The second-order valence-corrected chi connectivity index (χ2v) is 9.08. The van der Waals surface area contributed by atoms with Gasteiger partial charge in [0.2, 0.25) is 0 Å². The van der Waals surface area contributed by atoms with E-state index in [1.165, 1.54) is 11.3 Å². The van der Waals surface area contributed by atoms with Gasteiger partial charge in [-0.1, -0.05) is 5.16 Å². The zero-order valence-corrected chi connectivity index (χ0v) is 16.7. The molecule has 2 bridgehead atoms. The van der Waals surface area contributed by atoms with Crippen LogP contribution in [-0.2, 0) is 28.6 Å². The van der Waals surface area contributed by atoms with E-state index in [1.807, 2.05) is 0 Å². The van der Waals surface area contributed by atoms with Gasteiger partial charge in [-0.3, -0.25) is 9.59 Å². The summed E-state index contributed by atoms with van der Waals surface area (Å²) in [6.07, 6.45) is 1.99. The number of nitrogens with zero attached hydrogens (tertiary/aromatic N) is 2. The standard InChI is InChI=1S/C20H18F3N3O3S/c21-20(22,23)19-25-17(29-26-19)15-11-2-1-3-13(11)30-18(15)24-16(28)14-10-6-4-9(5-7-10)12(14)8-27/h8-10H,1-7H2,(H,24,28). The Balaban J connectivity index is 1.52. The Hall–Kier alpha value is -2.49. The van der Waals surface area contributed by atoms with Crippen molar-refractivity contribution in [3.63, 3.8) is 0 Å². The lowest BCUT2D eigenvalue weighted by Crippen LogP contribution is -2.33. The van der Waals surface area contributed by atoms with Gasteiger partial charge in [-0.05, 0) is 62.3 Å². The smallest absolute Gasteiger partial charge is 0.334 e. The molecule has 0 atom stereocenters. The van der Waals surface area contributed by atoms with Gasteiger partial charge in [0, 0.05) is 16.0 Å². The lowest BCUT2D eigenvalue weighted by atomic mass is 9.67. The van der Waals surface area contributed by atoms with Crippen molar-refractivity contribution in [3.05, 3.63) is 27.4 Å². The SMILES string of the molecule is O=CC1=C(C(=O)Nc2sc3c(c2-c2nc(C(F)(F)F)no2)CCC3)C2CCC1CC2. The number of thiophene rings is 1. The number of fused-ring (bicyclic) bond motifs is 3. The van der Waals surface area contributed by atoms with Crippen LogP contribution in [0.25, 0.3) is 11.5 Å². The average Bonchev–Trinajstić information content (AvgIpc) is 3.43. The Kier molecular flexibility index (Phi) is 4.57. The van der Waals surface area contributed by atoms with Crippen molar-refractivity contribution in [2.24, 2.45) is 11.8 Å². The molecule has 1 amide bonds. The van der Waals surface area contributed by atoms with Crippen LogP contribution in [0.4, 0.5) is 18.2 Å². The van der Waals surface area contributed by atoms with Crippen molar-refractivity contribution in [1.29, 1.82) is 0 Å². The van der Waals surface area contributed by atoms with Crippen LogP contribution in [0.3, 0.4) is 0 Å². The highest BCUT2D eigenvalue weighted by Gasteiger charge is 2.40. The Morgan fingerprint density at radius 3 is 2.57 bits per heavy atom. The number of rotatable bonds is 4. The highest BCUT2D eigenvalue weighted by molar-refractivity contribution is 7.17. The zero-order chi connectivity index (χ0) is 21.0. The molecule has 2 aromatic heterocycles. The molecule has 0 saturated heterocycles. The van der Waals surface area contributed by atoms with Crippen LogP contribution < -0.4 is 5.32 Å². The molecular formula is C20H18F3N3O3S. The number of aryl methyl sites for hydroxylation is 1. The minimum absolute atomic E-state index is 0.0469. The first kappa shape index (κ1) is 19.5. The maximum absolute atomic E-state index is 13.1. The zero-order valence-electron chi connectivity index (χ0n) is 15.8. The lowest BCUT2D eigenvalue weighted by molar-refractivity contribution is -0.146. The summed E-state index contributed by atoms with van der Waals surface area (Å²) in [6, 6.07) is 0. The van der Waals surface area contributed by atoms with Gasteiger partial charge in [0.1, 0.15) is 11.3 Å². The summed E-state index contributed by atoms with van der Waals surface area (Å²) >= 11 is 1.33. The fourth-order valence-electron chi connectivity index (χ4n) is 4.95. The second-order valence-electron chi connectivity index (χ2n) is 7.97. The summed E-state index contributed by atoms with van der Waals surface area (Å²) in [5, 5.41) is 6.32. The molecule has 1 saturated carbocycles. The first-order chi connectivity index (χ1) is 14.4. The quantitative estimate of drug-likeness (QED) is 0.709. The van der Waals surface area contributed by atoms with Crippen LogP contribution in [-0.4, -0.2) is 22.3 Å². The van der Waals surface area contributed by atoms with Gasteiger partial charge >= 0.3 is 6.18 Å². The third kappa shape index (κ3) is 3.08. The number of carbonyl (C=O) groups excluding carboxylic acids is 2. The molecule has 2 heterocycles. The largest absolute Gasteiger partial charge is 0.455 e. The molecule has 0 aromatic carbocycles. The molecule has 6 nitrogen and oxygen atoms in total. The van der Waals surface area contributed by atoms with Crippen LogP contribution >= 0.6 is 11.3 Å². The van der Waals surface area contributed by atoms with Crippen LogP contribution in [0.2, 0.25) is 0 Å². The van der Waals surface area contributed by atoms with Gasteiger partial charge in [0.25, 0.3) is 17.6 Å². The molecule has 1 N–H and O–H groups in total. The number of allylic oxidation sites excluding steroid dienone is 1. The van der Waals surface area contributed by atoms with E-state index < -0.39 is 12.0 Å². The van der Waals surface area contributed by atoms with Crippen molar-refractivity contribution in [1.82, 2.24) is 10.1 Å². The normalized spacial score (nSPS) is 23.0. The van der Waals surface area contributed by atoms with Gasteiger partial charge in [-0.25, -0.2) is 0 Å². The van der Waals surface area contributed by atoms with E-state index in [4.69, 9.17) is 4.52 Å². The summed E-state index contributed by atoms with van der Waals surface area (Å²) in [7, 11) is 0. The number of alkyl halides is 3. The number of nitrogens with one attached hydrogen (secondary N) is 1. The molecule has 4 aliphatic rings. The molecule has 4 aliphatic carbocycles. The van der Waals surface area contributed by atoms with Crippen LogP contribution in [0.5, 0.6) is 0 Å². The maximum atomic E-state index is 13.1. The van der Waals surface area contributed by atoms with Crippen LogP contribution in [0.1, 0.15) is 48.4 Å². The highest BCUT2D eigenvalue weighted by Crippen LogP contribution is 2.47. The Labute approximate surface area is 173 Å². The molecule has 30 heavy (non-hydrogen) atoms. The van der Waals surface area contributed by atoms with Gasteiger partial charge < -0.3 is 9.84 Å². The molecular weight excluding hydrogens is 419 g/mol. The van der Waals surface area contributed by atoms with E-state index >= 15 is 0 Å². The Morgan fingerprint density at radius 1 is 1.17 bits per heavy atom. The molecule has 0 aliphatic heterocycles. The number of carbonyl (C=O) groups is 2. The second kappa shape index (κ2) is 7.04. The molecule has 2 aromatic rings. The number of amides is 1. The van der Waals surface area contributed by atoms with Crippen molar-refractivity contribution < 1.29 is 27.3 Å². The Morgan fingerprint density at radius 2 is 1.90 bits per heavy atom. The highest BCUT2D eigenvalue weighted by atomic mass is 32.1.